The molecule has 2 aliphatic carbocycles. The molecule has 2 saturated carbocycles. The van der Waals surface area contributed by atoms with Crippen molar-refractivity contribution in [2.24, 2.45) is 0 Å². The topological polar surface area (TPSA) is 79.9 Å². The van der Waals surface area contributed by atoms with Crippen LogP contribution in [-0.2, 0) is 9.53 Å². The zero-order chi connectivity index (χ0) is 14.0. The van der Waals surface area contributed by atoms with Gasteiger partial charge in [-0.15, -0.1) is 0 Å². The summed E-state index contributed by atoms with van der Waals surface area (Å²) in [4.78, 5) is 16.4. The summed E-state index contributed by atoms with van der Waals surface area (Å²) in [5.74, 6) is -0.118. The van der Waals surface area contributed by atoms with Crippen LogP contribution in [-0.4, -0.2) is 45.1 Å². The van der Waals surface area contributed by atoms with E-state index in [0.29, 0.717) is 11.3 Å². The number of rotatable bonds is 5. The Hall–Kier alpha value is -1.08. The van der Waals surface area contributed by atoms with Crippen LogP contribution in [0.2, 0.25) is 0 Å². The average molecular weight is 296 g/mol. The van der Waals surface area contributed by atoms with E-state index in [1.54, 1.807) is 11.8 Å². The van der Waals surface area contributed by atoms with Crippen LogP contribution in [0.1, 0.15) is 38.5 Å². The lowest BCUT2D eigenvalue weighted by atomic mass is 9.81. The van der Waals surface area contributed by atoms with Crippen molar-refractivity contribution in [3.05, 3.63) is 6.33 Å². The van der Waals surface area contributed by atoms with Crippen molar-refractivity contribution in [2.75, 3.05) is 7.11 Å². The number of aromatic nitrogens is 3. The SMILES string of the molecule is COC(=O)C1(NC2CC2)CCCC(Sc2ncn[nH]2)C1. The first-order valence-corrected chi connectivity index (χ1v) is 7.98. The first-order chi connectivity index (χ1) is 9.72. The lowest BCUT2D eigenvalue weighted by Gasteiger charge is -2.39. The molecule has 20 heavy (non-hydrogen) atoms. The van der Waals surface area contributed by atoms with E-state index >= 15 is 0 Å². The molecule has 2 fully saturated rings. The third kappa shape index (κ3) is 2.98. The van der Waals surface area contributed by atoms with E-state index in [2.05, 4.69) is 20.5 Å². The highest BCUT2D eigenvalue weighted by atomic mass is 32.2. The van der Waals surface area contributed by atoms with E-state index in [1.807, 2.05) is 0 Å². The molecule has 0 aromatic carbocycles. The van der Waals surface area contributed by atoms with Gasteiger partial charge in [0.25, 0.3) is 0 Å². The van der Waals surface area contributed by atoms with Gasteiger partial charge in [0.05, 0.1) is 7.11 Å². The quantitative estimate of drug-likeness (QED) is 0.802. The summed E-state index contributed by atoms with van der Waals surface area (Å²) in [6.45, 7) is 0. The van der Waals surface area contributed by atoms with Crippen LogP contribution < -0.4 is 5.32 Å². The molecule has 0 bridgehead atoms. The number of thioether (sulfide) groups is 1. The molecule has 2 aliphatic rings. The van der Waals surface area contributed by atoms with Gasteiger partial charge in [0.2, 0.25) is 0 Å². The van der Waals surface area contributed by atoms with Crippen LogP contribution in [0.25, 0.3) is 0 Å². The molecular weight excluding hydrogens is 276 g/mol. The maximum absolute atomic E-state index is 12.3. The van der Waals surface area contributed by atoms with Gasteiger partial charge in [-0.05, 0) is 38.5 Å². The molecule has 2 atom stereocenters. The molecule has 1 aromatic heterocycles. The van der Waals surface area contributed by atoms with Gasteiger partial charge in [0.15, 0.2) is 5.16 Å². The van der Waals surface area contributed by atoms with Crippen LogP contribution in [0.4, 0.5) is 0 Å². The Kier molecular flexibility index (Phi) is 3.98. The Morgan fingerprint density at radius 2 is 2.40 bits per heavy atom. The number of nitrogens with one attached hydrogen (secondary N) is 2. The number of carbonyl (C=O) groups is 1. The summed E-state index contributed by atoms with van der Waals surface area (Å²) in [6.07, 6.45) is 7.63. The van der Waals surface area contributed by atoms with Gasteiger partial charge in [-0.25, -0.2) is 4.98 Å². The molecule has 0 aliphatic heterocycles. The molecule has 6 nitrogen and oxygen atoms in total. The number of ether oxygens (including phenoxy) is 1. The fraction of sp³-hybridized carbons (Fsp3) is 0.769. The van der Waals surface area contributed by atoms with Crippen LogP contribution in [0.3, 0.4) is 0 Å². The fourth-order valence-electron chi connectivity index (χ4n) is 2.92. The fourth-order valence-corrected chi connectivity index (χ4v) is 4.10. The van der Waals surface area contributed by atoms with Crippen molar-refractivity contribution in [1.82, 2.24) is 20.5 Å². The third-order valence-electron chi connectivity index (χ3n) is 4.01. The molecular formula is C13H20N4O2S. The number of hydrogen-bond donors (Lipinski definition) is 2. The minimum Gasteiger partial charge on any atom is -0.468 e. The number of H-pyrrole nitrogens is 1. The summed E-state index contributed by atoms with van der Waals surface area (Å²) in [6, 6.07) is 0.489. The molecule has 0 saturated heterocycles. The Morgan fingerprint density at radius 3 is 3.05 bits per heavy atom. The predicted molar refractivity (Wildman–Crippen MR) is 75.4 cm³/mol. The minimum atomic E-state index is -0.508. The van der Waals surface area contributed by atoms with Crippen molar-refractivity contribution >= 4 is 17.7 Å². The molecule has 110 valence electrons. The molecule has 7 heteroatoms. The minimum absolute atomic E-state index is 0.118. The van der Waals surface area contributed by atoms with Crippen LogP contribution in [0.5, 0.6) is 0 Å². The predicted octanol–water partition coefficient (Wildman–Crippen LogP) is 1.50. The highest BCUT2D eigenvalue weighted by Crippen LogP contribution is 2.39. The molecule has 1 aromatic rings. The Bertz CT molecular complexity index is 463. The second-order valence-corrected chi connectivity index (χ2v) is 6.91. The molecule has 0 spiro atoms. The average Bonchev–Trinajstić information content (AvgIpc) is 3.11. The van der Waals surface area contributed by atoms with E-state index in [0.717, 1.165) is 30.8 Å². The first kappa shape index (κ1) is 13.9. The second kappa shape index (κ2) is 5.73. The van der Waals surface area contributed by atoms with Gasteiger partial charge >= 0.3 is 5.97 Å². The van der Waals surface area contributed by atoms with Gasteiger partial charge in [-0.3, -0.25) is 15.2 Å². The lowest BCUT2D eigenvalue weighted by molar-refractivity contribution is -0.150. The maximum Gasteiger partial charge on any atom is 0.326 e. The number of aromatic amines is 1. The highest BCUT2D eigenvalue weighted by molar-refractivity contribution is 7.99. The molecule has 3 rings (SSSR count). The van der Waals surface area contributed by atoms with Gasteiger partial charge in [0, 0.05) is 11.3 Å². The van der Waals surface area contributed by atoms with Crippen molar-refractivity contribution < 1.29 is 9.53 Å². The highest BCUT2D eigenvalue weighted by Gasteiger charge is 2.46. The van der Waals surface area contributed by atoms with E-state index in [-0.39, 0.29) is 5.97 Å². The first-order valence-electron chi connectivity index (χ1n) is 7.10. The van der Waals surface area contributed by atoms with E-state index in [4.69, 9.17) is 4.74 Å². The lowest BCUT2D eigenvalue weighted by Crippen LogP contribution is -2.56. The van der Waals surface area contributed by atoms with Gasteiger partial charge in [0.1, 0.15) is 11.9 Å². The maximum atomic E-state index is 12.3. The van der Waals surface area contributed by atoms with Gasteiger partial charge < -0.3 is 4.74 Å². The van der Waals surface area contributed by atoms with E-state index in [1.165, 1.54) is 26.3 Å². The zero-order valence-electron chi connectivity index (χ0n) is 11.6. The van der Waals surface area contributed by atoms with Crippen molar-refractivity contribution in [3.8, 4) is 0 Å². The molecule has 1 heterocycles. The van der Waals surface area contributed by atoms with Crippen molar-refractivity contribution in [1.29, 1.82) is 0 Å². The molecule has 2 unspecified atom stereocenters. The summed E-state index contributed by atoms with van der Waals surface area (Å²) < 4.78 is 5.06. The number of hydrogen-bond acceptors (Lipinski definition) is 6. The van der Waals surface area contributed by atoms with E-state index in [9.17, 15) is 4.79 Å². The van der Waals surface area contributed by atoms with Gasteiger partial charge in [-0.1, -0.05) is 11.8 Å². The molecule has 0 amide bonds. The van der Waals surface area contributed by atoms with Crippen LogP contribution in [0, 0.1) is 0 Å². The largest absolute Gasteiger partial charge is 0.468 e. The number of methoxy groups -OCH3 is 1. The Balaban J connectivity index is 1.70. The monoisotopic (exact) mass is 296 g/mol. The zero-order valence-corrected chi connectivity index (χ0v) is 12.4. The number of esters is 1. The van der Waals surface area contributed by atoms with E-state index < -0.39 is 5.54 Å². The summed E-state index contributed by atoms with van der Waals surface area (Å²) in [5.41, 5.74) is -0.508. The van der Waals surface area contributed by atoms with Crippen LogP contribution in [0.15, 0.2) is 11.5 Å². The standard InChI is InChI=1S/C13H20N4O2S/c1-19-11(18)13(16-9-4-5-9)6-2-3-10(7-13)20-12-14-8-15-17-12/h8-10,16H,2-7H2,1H3,(H,14,15,17). The number of nitrogens with zero attached hydrogens (tertiary/aromatic N) is 2. The van der Waals surface area contributed by atoms with Gasteiger partial charge in [-0.2, -0.15) is 5.10 Å². The third-order valence-corrected chi connectivity index (χ3v) is 5.17. The number of carbonyl (C=O) groups excluding carboxylic acids is 1. The summed E-state index contributed by atoms with van der Waals surface area (Å²) in [7, 11) is 1.48. The smallest absolute Gasteiger partial charge is 0.326 e. The van der Waals surface area contributed by atoms with Crippen molar-refractivity contribution in [3.63, 3.8) is 0 Å². The Morgan fingerprint density at radius 1 is 1.55 bits per heavy atom. The van der Waals surface area contributed by atoms with Crippen LogP contribution >= 0.6 is 11.8 Å². The summed E-state index contributed by atoms with van der Waals surface area (Å²) >= 11 is 1.67. The molecule has 0 radical (unpaired) electrons. The Labute approximate surface area is 122 Å². The second-order valence-electron chi connectivity index (χ2n) is 5.62. The normalized spacial score (nSPS) is 30.1. The molecule has 2 N–H and O–H groups in total. The summed E-state index contributed by atoms with van der Waals surface area (Å²) in [5, 5.41) is 11.5. The van der Waals surface area contributed by atoms with Crippen molar-refractivity contribution in [2.45, 2.75) is 60.5 Å².